The molecule has 0 aliphatic heterocycles. The second kappa shape index (κ2) is 5.37. The van der Waals surface area contributed by atoms with Crippen molar-refractivity contribution >= 4 is 11.6 Å². The molecule has 1 N–H and O–H groups in total. The summed E-state index contributed by atoms with van der Waals surface area (Å²) < 4.78 is 52.7. The number of hydrogen-bond donors (Lipinski definition) is 1. The fraction of sp³-hybridized carbons (Fsp3) is 0.417. The minimum absolute atomic E-state index is 0.136. The van der Waals surface area contributed by atoms with Gasteiger partial charge in [0.25, 0.3) is 5.91 Å². The normalized spacial score (nSPS) is 11.4. The van der Waals surface area contributed by atoms with Gasteiger partial charge in [0, 0.05) is 17.7 Å². The van der Waals surface area contributed by atoms with Crippen molar-refractivity contribution in [1.29, 1.82) is 0 Å². The third-order valence-corrected chi connectivity index (χ3v) is 2.53. The number of amides is 1. The monoisotopic (exact) mass is 263 g/mol. The SMILES string of the molecule is CCc1c(F)cc(NC(=O)C(F)(F)CC)cc1F. The first-order chi connectivity index (χ1) is 8.31. The van der Waals surface area contributed by atoms with Gasteiger partial charge in [-0.25, -0.2) is 8.78 Å². The third kappa shape index (κ3) is 3.00. The third-order valence-electron chi connectivity index (χ3n) is 2.53. The highest BCUT2D eigenvalue weighted by atomic mass is 19.3. The number of nitrogens with one attached hydrogen (secondary N) is 1. The molecule has 6 heteroatoms. The Balaban J connectivity index is 2.97. The maximum absolute atomic E-state index is 13.4. The Morgan fingerprint density at radius 3 is 2.11 bits per heavy atom. The van der Waals surface area contributed by atoms with Crippen molar-refractivity contribution in [3.63, 3.8) is 0 Å². The van der Waals surface area contributed by atoms with E-state index in [0.29, 0.717) is 0 Å². The van der Waals surface area contributed by atoms with Crippen LogP contribution in [0, 0.1) is 11.6 Å². The zero-order chi connectivity index (χ0) is 13.9. The van der Waals surface area contributed by atoms with Gasteiger partial charge in [-0.2, -0.15) is 8.78 Å². The summed E-state index contributed by atoms with van der Waals surface area (Å²) in [6.45, 7) is 2.70. The molecule has 1 aromatic carbocycles. The molecule has 1 aromatic rings. The largest absolute Gasteiger partial charge is 0.324 e. The number of hydrogen-bond acceptors (Lipinski definition) is 1. The number of carbonyl (C=O) groups is 1. The minimum Gasteiger partial charge on any atom is -0.321 e. The first-order valence-electron chi connectivity index (χ1n) is 5.49. The van der Waals surface area contributed by atoms with Crippen molar-refractivity contribution in [3.8, 4) is 0 Å². The van der Waals surface area contributed by atoms with Crippen LogP contribution in [0.15, 0.2) is 12.1 Å². The van der Waals surface area contributed by atoms with Crippen molar-refractivity contribution in [3.05, 3.63) is 29.3 Å². The summed E-state index contributed by atoms with van der Waals surface area (Å²) in [6, 6.07) is 1.65. The highest BCUT2D eigenvalue weighted by Gasteiger charge is 2.36. The van der Waals surface area contributed by atoms with Crippen LogP contribution >= 0.6 is 0 Å². The van der Waals surface area contributed by atoms with Crippen molar-refractivity contribution in [1.82, 2.24) is 0 Å². The Bertz CT molecular complexity index is 436. The maximum Gasteiger partial charge on any atom is 0.324 e. The average molecular weight is 263 g/mol. The molecule has 0 spiro atoms. The number of anilines is 1. The summed E-state index contributed by atoms with van der Waals surface area (Å²) in [5.41, 5.74) is -0.462. The Labute approximate surface area is 102 Å². The number of alkyl halides is 2. The zero-order valence-electron chi connectivity index (χ0n) is 9.99. The highest BCUT2D eigenvalue weighted by molar-refractivity contribution is 5.96. The molecule has 0 fully saturated rings. The van der Waals surface area contributed by atoms with E-state index >= 15 is 0 Å². The quantitative estimate of drug-likeness (QED) is 0.827. The molecule has 0 radical (unpaired) electrons. The van der Waals surface area contributed by atoms with Gasteiger partial charge in [0.05, 0.1) is 0 Å². The standard InChI is InChI=1S/C12H13F4NO/c1-3-8-9(13)5-7(6-10(8)14)17-11(18)12(15,16)4-2/h5-6H,3-4H2,1-2H3,(H,17,18). The van der Waals surface area contributed by atoms with Crippen molar-refractivity contribution < 1.29 is 22.4 Å². The topological polar surface area (TPSA) is 29.1 Å². The maximum atomic E-state index is 13.4. The Hall–Kier alpha value is -1.59. The molecule has 0 aliphatic carbocycles. The molecular weight excluding hydrogens is 250 g/mol. The molecule has 1 amide bonds. The zero-order valence-corrected chi connectivity index (χ0v) is 9.99. The summed E-state index contributed by atoms with van der Waals surface area (Å²) in [5, 5.41) is 1.80. The van der Waals surface area contributed by atoms with Gasteiger partial charge in [-0.15, -0.1) is 0 Å². The van der Waals surface area contributed by atoms with Gasteiger partial charge in [0.1, 0.15) is 11.6 Å². The van der Waals surface area contributed by atoms with Crippen LogP contribution in [0.3, 0.4) is 0 Å². The molecule has 18 heavy (non-hydrogen) atoms. The Morgan fingerprint density at radius 2 is 1.72 bits per heavy atom. The van der Waals surface area contributed by atoms with Crippen LogP contribution in [0.2, 0.25) is 0 Å². The van der Waals surface area contributed by atoms with Gasteiger partial charge in [0.2, 0.25) is 0 Å². The molecule has 100 valence electrons. The molecule has 0 aromatic heterocycles. The van der Waals surface area contributed by atoms with E-state index in [1.165, 1.54) is 0 Å². The molecule has 0 heterocycles. The van der Waals surface area contributed by atoms with Crippen LogP contribution in [-0.4, -0.2) is 11.8 Å². The van der Waals surface area contributed by atoms with E-state index in [1.807, 2.05) is 0 Å². The van der Waals surface area contributed by atoms with Gasteiger partial charge in [-0.3, -0.25) is 4.79 Å². The van der Waals surface area contributed by atoms with Crippen LogP contribution in [0.1, 0.15) is 25.8 Å². The van der Waals surface area contributed by atoms with E-state index in [0.717, 1.165) is 19.1 Å². The summed E-state index contributed by atoms with van der Waals surface area (Å²) in [6.07, 6.45) is -0.548. The van der Waals surface area contributed by atoms with Gasteiger partial charge >= 0.3 is 5.92 Å². The predicted molar refractivity (Wildman–Crippen MR) is 59.6 cm³/mol. The molecule has 1 rings (SSSR count). The fourth-order valence-electron chi connectivity index (χ4n) is 1.40. The summed E-state index contributed by atoms with van der Waals surface area (Å²) in [7, 11) is 0. The van der Waals surface area contributed by atoms with Crippen LogP contribution in [-0.2, 0) is 11.2 Å². The lowest BCUT2D eigenvalue weighted by molar-refractivity contribution is -0.139. The van der Waals surface area contributed by atoms with Gasteiger partial charge in [-0.1, -0.05) is 13.8 Å². The molecular formula is C12H13F4NO. The lowest BCUT2D eigenvalue weighted by Gasteiger charge is -2.14. The molecule has 0 bridgehead atoms. The van der Waals surface area contributed by atoms with Gasteiger partial charge in [-0.05, 0) is 18.6 Å². The molecule has 0 atom stereocenters. The summed E-state index contributed by atoms with van der Waals surface area (Å²) in [4.78, 5) is 11.1. The summed E-state index contributed by atoms with van der Waals surface area (Å²) in [5.74, 6) is -6.87. The molecule has 0 saturated heterocycles. The average Bonchev–Trinajstić information content (AvgIpc) is 2.28. The molecule has 0 saturated carbocycles. The molecule has 0 aliphatic rings. The Kier molecular flexibility index (Phi) is 4.32. The highest BCUT2D eigenvalue weighted by Crippen LogP contribution is 2.23. The van der Waals surface area contributed by atoms with Gasteiger partial charge in [0.15, 0.2) is 0 Å². The first kappa shape index (κ1) is 14.5. The lowest BCUT2D eigenvalue weighted by Crippen LogP contribution is -2.33. The van der Waals surface area contributed by atoms with E-state index in [4.69, 9.17) is 0 Å². The summed E-state index contributed by atoms with van der Waals surface area (Å²) >= 11 is 0. The smallest absolute Gasteiger partial charge is 0.321 e. The van der Waals surface area contributed by atoms with E-state index in [-0.39, 0.29) is 17.7 Å². The Morgan fingerprint density at radius 1 is 1.22 bits per heavy atom. The van der Waals surface area contributed by atoms with Crippen LogP contribution in [0.4, 0.5) is 23.2 Å². The second-order valence-electron chi connectivity index (χ2n) is 3.78. The van der Waals surface area contributed by atoms with Crippen LogP contribution in [0.5, 0.6) is 0 Å². The molecule has 0 unspecified atom stereocenters. The second-order valence-corrected chi connectivity index (χ2v) is 3.78. The van der Waals surface area contributed by atoms with E-state index in [9.17, 15) is 22.4 Å². The molecule has 2 nitrogen and oxygen atoms in total. The van der Waals surface area contributed by atoms with Crippen molar-refractivity contribution in [2.45, 2.75) is 32.6 Å². The fourth-order valence-corrected chi connectivity index (χ4v) is 1.40. The van der Waals surface area contributed by atoms with Gasteiger partial charge < -0.3 is 5.32 Å². The first-order valence-corrected chi connectivity index (χ1v) is 5.49. The minimum atomic E-state index is -3.56. The van der Waals surface area contributed by atoms with Crippen LogP contribution in [0.25, 0.3) is 0 Å². The number of rotatable bonds is 4. The number of benzene rings is 1. The number of carbonyl (C=O) groups excluding carboxylic acids is 1. The predicted octanol–water partition coefficient (Wildman–Crippen LogP) is 3.51. The number of halogens is 4. The van der Waals surface area contributed by atoms with Crippen molar-refractivity contribution in [2.24, 2.45) is 0 Å². The van der Waals surface area contributed by atoms with E-state index in [2.05, 4.69) is 0 Å². The lowest BCUT2D eigenvalue weighted by atomic mass is 10.1. The van der Waals surface area contributed by atoms with Crippen molar-refractivity contribution in [2.75, 3.05) is 5.32 Å². The van der Waals surface area contributed by atoms with E-state index < -0.39 is 29.9 Å². The van der Waals surface area contributed by atoms with Crippen LogP contribution < -0.4 is 5.32 Å². The van der Waals surface area contributed by atoms with E-state index in [1.54, 1.807) is 12.2 Å².